The van der Waals surface area contributed by atoms with E-state index < -0.39 is 6.04 Å². The molecule has 21 heavy (non-hydrogen) atoms. The summed E-state index contributed by atoms with van der Waals surface area (Å²) in [5.41, 5.74) is 0.382. The van der Waals surface area contributed by atoms with E-state index in [0.29, 0.717) is 16.7 Å². The Morgan fingerprint density at radius 1 is 1.33 bits per heavy atom. The first-order valence-electron chi connectivity index (χ1n) is 6.58. The standard InChI is InChI=1S/C14H14N4O3/c1-18-12(19)6-10(14(18)21)15-7-11-16-9-5-3-2-4-8(9)13(20)17-11/h2-5,10,15H,6-7H2,1H3,(H,16,17,20). The Balaban J connectivity index is 1.79. The molecule has 0 bridgehead atoms. The van der Waals surface area contributed by atoms with Gasteiger partial charge in [0.2, 0.25) is 11.8 Å². The highest BCUT2D eigenvalue weighted by molar-refractivity contribution is 6.05. The van der Waals surface area contributed by atoms with Crippen LogP contribution in [0.4, 0.5) is 0 Å². The maximum atomic E-state index is 11.9. The third-order valence-corrected chi connectivity index (χ3v) is 3.56. The molecule has 1 unspecified atom stereocenters. The highest BCUT2D eigenvalue weighted by atomic mass is 16.2. The van der Waals surface area contributed by atoms with Crippen molar-refractivity contribution < 1.29 is 9.59 Å². The first-order chi connectivity index (χ1) is 10.1. The summed E-state index contributed by atoms with van der Waals surface area (Å²) in [6, 6.07) is 6.48. The molecule has 2 amide bonds. The third-order valence-electron chi connectivity index (χ3n) is 3.56. The predicted molar refractivity (Wildman–Crippen MR) is 75.4 cm³/mol. The van der Waals surface area contributed by atoms with Gasteiger partial charge in [-0.2, -0.15) is 0 Å². The molecule has 1 aromatic carbocycles. The molecule has 7 nitrogen and oxygen atoms in total. The van der Waals surface area contributed by atoms with Gasteiger partial charge in [0.15, 0.2) is 0 Å². The Bertz CT molecular complexity index is 783. The number of para-hydroxylation sites is 1. The van der Waals surface area contributed by atoms with E-state index in [4.69, 9.17) is 0 Å². The zero-order valence-corrected chi connectivity index (χ0v) is 11.4. The van der Waals surface area contributed by atoms with Gasteiger partial charge in [0.05, 0.1) is 29.9 Å². The van der Waals surface area contributed by atoms with Crippen LogP contribution in [0.5, 0.6) is 0 Å². The molecule has 2 heterocycles. The Morgan fingerprint density at radius 3 is 2.81 bits per heavy atom. The molecule has 0 spiro atoms. The average molecular weight is 286 g/mol. The molecule has 1 aromatic heterocycles. The van der Waals surface area contributed by atoms with Gasteiger partial charge in [0.25, 0.3) is 5.56 Å². The molecule has 7 heteroatoms. The van der Waals surface area contributed by atoms with Gasteiger partial charge in [-0.25, -0.2) is 4.98 Å². The topological polar surface area (TPSA) is 95.2 Å². The zero-order valence-electron chi connectivity index (χ0n) is 11.4. The van der Waals surface area contributed by atoms with Gasteiger partial charge < -0.3 is 4.98 Å². The number of fused-ring (bicyclic) bond motifs is 1. The highest BCUT2D eigenvalue weighted by Gasteiger charge is 2.35. The van der Waals surface area contributed by atoms with Crippen LogP contribution < -0.4 is 10.9 Å². The van der Waals surface area contributed by atoms with E-state index in [9.17, 15) is 14.4 Å². The Morgan fingerprint density at radius 2 is 2.10 bits per heavy atom. The molecule has 0 aliphatic carbocycles. The van der Waals surface area contributed by atoms with Crippen LogP contribution in [-0.2, 0) is 16.1 Å². The lowest BCUT2D eigenvalue weighted by Gasteiger charge is -2.10. The first-order valence-corrected chi connectivity index (χ1v) is 6.58. The average Bonchev–Trinajstić information content (AvgIpc) is 2.72. The van der Waals surface area contributed by atoms with Crippen LogP contribution in [0, 0.1) is 0 Å². The van der Waals surface area contributed by atoms with Crippen LogP contribution in [-0.4, -0.2) is 39.8 Å². The Hall–Kier alpha value is -2.54. The van der Waals surface area contributed by atoms with E-state index in [1.165, 1.54) is 7.05 Å². The molecule has 0 radical (unpaired) electrons. The minimum Gasteiger partial charge on any atom is -0.309 e. The fourth-order valence-electron chi connectivity index (χ4n) is 2.35. The van der Waals surface area contributed by atoms with Crippen molar-refractivity contribution in [1.82, 2.24) is 20.2 Å². The minimum atomic E-state index is -0.556. The quantitative estimate of drug-likeness (QED) is 0.760. The number of amides is 2. The molecule has 1 aliphatic heterocycles. The highest BCUT2D eigenvalue weighted by Crippen LogP contribution is 2.11. The van der Waals surface area contributed by atoms with E-state index in [1.54, 1.807) is 24.3 Å². The van der Waals surface area contributed by atoms with Gasteiger partial charge in [-0.3, -0.25) is 24.6 Å². The minimum absolute atomic E-state index is 0.132. The monoisotopic (exact) mass is 286 g/mol. The lowest BCUT2D eigenvalue weighted by molar-refractivity contribution is -0.137. The number of benzene rings is 1. The molecule has 0 saturated carbocycles. The number of hydrogen-bond donors (Lipinski definition) is 2. The number of aromatic amines is 1. The fourth-order valence-corrected chi connectivity index (χ4v) is 2.35. The lowest BCUT2D eigenvalue weighted by atomic mass is 10.2. The van der Waals surface area contributed by atoms with Crippen LogP contribution in [0.15, 0.2) is 29.1 Å². The van der Waals surface area contributed by atoms with Crippen molar-refractivity contribution in [2.75, 3.05) is 7.05 Å². The van der Waals surface area contributed by atoms with Crippen molar-refractivity contribution in [3.63, 3.8) is 0 Å². The van der Waals surface area contributed by atoms with Gasteiger partial charge in [0.1, 0.15) is 5.82 Å². The summed E-state index contributed by atoms with van der Waals surface area (Å²) in [6.45, 7) is 0.220. The molecule has 3 rings (SSSR count). The summed E-state index contributed by atoms with van der Waals surface area (Å²) in [7, 11) is 1.46. The summed E-state index contributed by atoms with van der Waals surface area (Å²) in [6.07, 6.45) is 0.132. The van der Waals surface area contributed by atoms with E-state index in [2.05, 4.69) is 15.3 Å². The number of likely N-dealkylation sites (N-methyl/N-ethyl adjacent to an activating group) is 1. The Kier molecular flexibility index (Phi) is 3.26. The summed E-state index contributed by atoms with van der Waals surface area (Å²) in [5.74, 6) is -0.0332. The van der Waals surface area contributed by atoms with Crippen LogP contribution in [0.25, 0.3) is 10.9 Å². The fraction of sp³-hybridized carbons (Fsp3) is 0.286. The van der Waals surface area contributed by atoms with Crippen molar-refractivity contribution >= 4 is 22.7 Å². The number of hydrogen-bond acceptors (Lipinski definition) is 5. The van der Waals surface area contributed by atoms with Crippen molar-refractivity contribution in [2.45, 2.75) is 19.0 Å². The lowest BCUT2D eigenvalue weighted by Crippen LogP contribution is -2.37. The summed E-state index contributed by atoms with van der Waals surface area (Å²) in [5, 5.41) is 3.48. The third kappa shape index (κ3) is 2.43. The normalized spacial score (nSPS) is 18.7. The smallest absolute Gasteiger partial charge is 0.258 e. The molecule has 1 saturated heterocycles. The predicted octanol–water partition coefficient (Wildman–Crippen LogP) is -0.230. The number of H-pyrrole nitrogens is 1. The van der Waals surface area contributed by atoms with E-state index in [1.807, 2.05) is 0 Å². The number of carbonyl (C=O) groups excluding carboxylic acids is 2. The SMILES string of the molecule is CN1C(=O)CC(NCc2nc3ccccc3c(=O)[nH]2)C1=O. The van der Waals surface area contributed by atoms with Crippen LogP contribution in [0.2, 0.25) is 0 Å². The van der Waals surface area contributed by atoms with E-state index in [0.717, 1.165) is 4.90 Å². The van der Waals surface area contributed by atoms with Gasteiger partial charge in [-0.1, -0.05) is 12.1 Å². The first kappa shape index (κ1) is 13.4. The number of imide groups is 1. The van der Waals surface area contributed by atoms with Gasteiger partial charge in [-0.15, -0.1) is 0 Å². The molecular formula is C14H14N4O3. The van der Waals surface area contributed by atoms with Crippen LogP contribution in [0.1, 0.15) is 12.2 Å². The molecule has 2 aromatic rings. The summed E-state index contributed by atoms with van der Waals surface area (Å²) >= 11 is 0. The number of nitrogens with zero attached hydrogens (tertiary/aromatic N) is 2. The largest absolute Gasteiger partial charge is 0.309 e. The second-order valence-corrected chi connectivity index (χ2v) is 4.96. The molecule has 2 N–H and O–H groups in total. The van der Waals surface area contributed by atoms with Crippen molar-refractivity contribution in [1.29, 1.82) is 0 Å². The molecule has 108 valence electrons. The van der Waals surface area contributed by atoms with Crippen molar-refractivity contribution in [3.05, 3.63) is 40.4 Å². The molecule has 1 fully saturated rings. The van der Waals surface area contributed by atoms with Crippen LogP contribution in [0.3, 0.4) is 0 Å². The number of nitrogens with one attached hydrogen (secondary N) is 2. The van der Waals surface area contributed by atoms with Gasteiger partial charge in [-0.05, 0) is 12.1 Å². The number of likely N-dealkylation sites (tertiary alicyclic amines) is 1. The second kappa shape index (κ2) is 5.10. The maximum absolute atomic E-state index is 11.9. The molecule has 1 aliphatic rings. The van der Waals surface area contributed by atoms with Crippen molar-refractivity contribution in [3.8, 4) is 0 Å². The van der Waals surface area contributed by atoms with E-state index in [-0.39, 0.29) is 30.3 Å². The number of carbonyl (C=O) groups is 2. The molecular weight excluding hydrogens is 272 g/mol. The molecule has 1 atom stereocenters. The van der Waals surface area contributed by atoms with Gasteiger partial charge >= 0.3 is 0 Å². The Labute approximate surface area is 120 Å². The van der Waals surface area contributed by atoms with Crippen LogP contribution >= 0.6 is 0 Å². The summed E-state index contributed by atoms with van der Waals surface area (Å²) < 4.78 is 0. The van der Waals surface area contributed by atoms with Crippen molar-refractivity contribution in [2.24, 2.45) is 0 Å². The van der Waals surface area contributed by atoms with E-state index >= 15 is 0 Å². The zero-order chi connectivity index (χ0) is 15.0. The van der Waals surface area contributed by atoms with Gasteiger partial charge in [0, 0.05) is 7.05 Å². The number of aromatic nitrogens is 2. The summed E-state index contributed by atoms with van der Waals surface area (Å²) in [4.78, 5) is 43.2. The second-order valence-electron chi connectivity index (χ2n) is 4.96. The maximum Gasteiger partial charge on any atom is 0.258 e. The number of rotatable bonds is 3.